The third-order valence-electron chi connectivity index (χ3n) is 4.65. The summed E-state index contributed by atoms with van der Waals surface area (Å²) in [6.45, 7) is 2.08. The lowest BCUT2D eigenvalue weighted by Gasteiger charge is -2.19. The van der Waals surface area contributed by atoms with Crippen LogP contribution in [0.3, 0.4) is 0 Å². The van der Waals surface area contributed by atoms with Crippen LogP contribution in [0.1, 0.15) is 24.5 Å². The summed E-state index contributed by atoms with van der Waals surface area (Å²) in [5.74, 6) is -2.24. The van der Waals surface area contributed by atoms with Crippen LogP contribution < -0.4 is 9.47 Å². The van der Waals surface area contributed by atoms with E-state index in [1.54, 1.807) is 0 Å². The topological polar surface area (TPSA) is 18.5 Å². The van der Waals surface area contributed by atoms with E-state index in [-0.39, 0.29) is 12.3 Å². The summed E-state index contributed by atoms with van der Waals surface area (Å²) in [7, 11) is 0. The van der Waals surface area contributed by atoms with Crippen LogP contribution in [0.15, 0.2) is 79.1 Å². The van der Waals surface area contributed by atoms with Crippen LogP contribution in [0.2, 0.25) is 0 Å². The minimum Gasteiger partial charge on any atom is -0.462 e. The van der Waals surface area contributed by atoms with Gasteiger partial charge in [0.25, 0.3) is 0 Å². The summed E-state index contributed by atoms with van der Waals surface area (Å²) >= 11 is 0. The molecular weight excluding hydrogens is 446 g/mol. The van der Waals surface area contributed by atoms with Gasteiger partial charge in [0.1, 0.15) is 5.75 Å². The predicted octanol–water partition coefficient (Wildman–Crippen LogP) is 8.03. The minimum atomic E-state index is -4.63. The van der Waals surface area contributed by atoms with Gasteiger partial charge < -0.3 is 9.47 Å². The van der Waals surface area contributed by atoms with Gasteiger partial charge in [-0.3, -0.25) is 0 Å². The van der Waals surface area contributed by atoms with Gasteiger partial charge in [-0.2, -0.15) is 22.0 Å². The Bertz CT molecular complexity index is 1090. The number of benzene rings is 3. The number of hydrogen-bond acceptors (Lipinski definition) is 2. The lowest BCUT2D eigenvalue weighted by Crippen LogP contribution is -2.21. The molecule has 0 atom stereocenters. The molecule has 0 radical (unpaired) electrons. The Hall–Kier alpha value is -3.42. The molecule has 3 aromatic carbocycles. The molecule has 2 nitrogen and oxygen atoms in total. The quantitative estimate of drug-likeness (QED) is 0.247. The van der Waals surface area contributed by atoms with Crippen molar-refractivity contribution < 1.29 is 35.8 Å². The molecule has 0 aromatic heterocycles. The molecule has 0 spiro atoms. The highest BCUT2D eigenvalue weighted by molar-refractivity contribution is 5.64. The highest BCUT2D eigenvalue weighted by Crippen LogP contribution is 2.34. The first-order valence-corrected chi connectivity index (χ1v) is 10.0. The van der Waals surface area contributed by atoms with E-state index in [0.29, 0.717) is 6.07 Å². The van der Waals surface area contributed by atoms with Gasteiger partial charge in [-0.15, -0.1) is 0 Å². The molecule has 174 valence electrons. The van der Waals surface area contributed by atoms with E-state index >= 15 is 0 Å². The van der Waals surface area contributed by atoms with Crippen molar-refractivity contribution in [3.63, 3.8) is 0 Å². The molecule has 0 aliphatic rings. The molecule has 3 aromatic rings. The fourth-order valence-electron chi connectivity index (χ4n) is 3.04. The zero-order chi connectivity index (χ0) is 24.1. The zero-order valence-corrected chi connectivity index (χ0v) is 17.5. The Morgan fingerprint density at radius 1 is 0.818 bits per heavy atom. The summed E-state index contributed by atoms with van der Waals surface area (Å²) in [6, 6.07) is 15.8. The maximum atomic E-state index is 14.6. The molecule has 0 saturated heterocycles. The van der Waals surface area contributed by atoms with E-state index in [1.807, 2.05) is 24.3 Å². The van der Waals surface area contributed by atoms with Crippen molar-refractivity contribution >= 4 is 0 Å². The summed E-state index contributed by atoms with van der Waals surface area (Å²) in [5, 5.41) is 0. The summed E-state index contributed by atoms with van der Waals surface area (Å²) in [4.78, 5) is 0. The second-order valence-electron chi connectivity index (χ2n) is 7.20. The Labute approximate surface area is 187 Å². The van der Waals surface area contributed by atoms with E-state index in [4.69, 9.17) is 0 Å². The number of allylic oxidation sites excluding steroid dienone is 1. The average Bonchev–Trinajstić information content (AvgIpc) is 2.75. The van der Waals surface area contributed by atoms with Crippen molar-refractivity contribution in [3.8, 4) is 22.6 Å². The number of halogens is 6. The highest BCUT2D eigenvalue weighted by Gasteiger charge is 2.34. The Morgan fingerprint density at radius 3 is 1.97 bits per heavy atom. The lowest BCUT2D eigenvalue weighted by molar-refractivity contribution is -0.185. The summed E-state index contributed by atoms with van der Waals surface area (Å²) in [6.07, 6.45) is -6.39. The average molecular weight is 466 g/mol. The molecule has 33 heavy (non-hydrogen) atoms. The largest absolute Gasteiger partial charge is 0.462 e. The smallest absolute Gasteiger partial charge is 0.426 e. The molecule has 0 bridgehead atoms. The van der Waals surface area contributed by atoms with Crippen molar-refractivity contribution in [1.82, 2.24) is 0 Å². The first-order valence-electron chi connectivity index (χ1n) is 10.0. The van der Waals surface area contributed by atoms with E-state index in [0.717, 1.165) is 36.1 Å². The van der Waals surface area contributed by atoms with Crippen LogP contribution >= 0.6 is 0 Å². The Balaban J connectivity index is 1.69. The predicted molar refractivity (Wildman–Crippen MR) is 113 cm³/mol. The van der Waals surface area contributed by atoms with Crippen molar-refractivity contribution in [1.29, 1.82) is 0 Å². The maximum absolute atomic E-state index is 14.6. The molecule has 0 unspecified atom stereocenters. The van der Waals surface area contributed by atoms with Crippen molar-refractivity contribution in [2.24, 2.45) is 0 Å². The van der Waals surface area contributed by atoms with E-state index in [1.165, 1.54) is 29.8 Å². The van der Waals surface area contributed by atoms with Gasteiger partial charge in [-0.1, -0.05) is 49.7 Å². The zero-order valence-electron chi connectivity index (χ0n) is 17.5. The normalized spacial score (nSPS) is 12.2. The van der Waals surface area contributed by atoms with Crippen molar-refractivity contribution in [3.05, 3.63) is 96.0 Å². The van der Waals surface area contributed by atoms with Gasteiger partial charge in [0.2, 0.25) is 0 Å². The van der Waals surface area contributed by atoms with Gasteiger partial charge in [-0.05, 0) is 47.4 Å². The number of rotatable bonds is 8. The van der Waals surface area contributed by atoms with Crippen LogP contribution in [0.4, 0.5) is 26.3 Å². The first kappa shape index (κ1) is 24.2. The Morgan fingerprint density at radius 2 is 1.42 bits per heavy atom. The molecule has 0 heterocycles. The first-order chi connectivity index (χ1) is 15.6. The lowest BCUT2D eigenvalue weighted by atomic mass is 10.0. The monoisotopic (exact) mass is 466 g/mol. The van der Waals surface area contributed by atoms with Crippen LogP contribution in [0, 0.1) is 5.82 Å². The van der Waals surface area contributed by atoms with E-state index in [2.05, 4.69) is 16.4 Å². The third kappa shape index (κ3) is 6.78. The van der Waals surface area contributed by atoms with Gasteiger partial charge in [0.05, 0.1) is 17.9 Å². The molecule has 3 rings (SSSR count). The fraction of sp³-hybridized carbons (Fsp3) is 0.200. The summed E-state index contributed by atoms with van der Waals surface area (Å²) < 4.78 is 88.5. The molecule has 8 heteroatoms. The van der Waals surface area contributed by atoms with Crippen molar-refractivity contribution in [2.75, 3.05) is 0 Å². The molecule has 0 amide bonds. The van der Waals surface area contributed by atoms with Crippen molar-refractivity contribution in [2.45, 2.75) is 32.1 Å². The molecule has 0 fully saturated rings. The molecule has 0 saturated carbocycles. The standard InChI is InChI=1S/C25H20F6O2/c1-2-3-17-4-6-18(7-5-17)19-8-10-20(11-9-19)25(30,31)33-21-12-13-23(22(26)16-21)32-15-14-24(27,28)29/h4-16H,2-3H2,1H3/b15-14+. The maximum Gasteiger partial charge on any atom is 0.426 e. The van der Waals surface area contributed by atoms with Crippen LogP contribution in [0.5, 0.6) is 11.5 Å². The summed E-state index contributed by atoms with van der Waals surface area (Å²) in [5.41, 5.74) is 2.38. The van der Waals surface area contributed by atoms with E-state index < -0.39 is 35.2 Å². The van der Waals surface area contributed by atoms with Gasteiger partial charge in [0, 0.05) is 6.07 Å². The molecule has 0 aliphatic heterocycles. The van der Waals surface area contributed by atoms with E-state index in [9.17, 15) is 26.3 Å². The number of ether oxygens (including phenoxy) is 2. The van der Waals surface area contributed by atoms with Gasteiger partial charge >= 0.3 is 12.3 Å². The second-order valence-corrected chi connectivity index (χ2v) is 7.20. The van der Waals surface area contributed by atoms with Crippen LogP contribution in [-0.4, -0.2) is 6.18 Å². The highest BCUT2D eigenvalue weighted by atomic mass is 19.4. The van der Waals surface area contributed by atoms with Crippen LogP contribution in [0.25, 0.3) is 11.1 Å². The number of hydrogen-bond donors (Lipinski definition) is 0. The second kappa shape index (κ2) is 10.0. The third-order valence-corrected chi connectivity index (χ3v) is 4.65. The number of aryl methyl sites for hydroxylation is 1. The fourth-order valence-corrected chi connectivity index (χ4v) is 3.04. The Kier molecular flexibility index (Phi) is 7.36. The molecule has 0 aliphatic carbocycles. The molecular formula is C25H20F6O2. The van der Waals surface area contributed by atoms with Gasteiger partial charge in [-0.25, -0.2) is 4.39 Å². The molecule has 0 N–H and O–H groups in total. The SMILES string of the molecule is CCCc1ccc(-c2ccc(C(F)(F)Oc3ccc(O/C=C/C(F)(F)F)c(F)c3)cc2)cc1. The van der Waals surface area contributed by atoms with Gasteiger partial charge in [0.15, 0.2) is 11.6 Å². The minimum absolute atomic E-state index is 0.228. The van der Waals surface area contributed by atoms with Crippen LogP contribution in [-0.2, 0) is 12.5 Å². The number of alkyl halides is 5.